The second kappa shape index (κ2) is 8.37. The van der Waals surface area contributed by atoms with E-state index in [4.69, 9.17) is 8.83 Å². The predicted octanol–water partition coefficient (Wildman–Crippen LogP) is 5.66. The summed E-state index contributed by atoms with van der Waals surface area (Å²) in [6, 6.07) is 20.7. The fourth-order valence-electron chi connectivity index (χ4n) is 3.85. The minimum Gasteiger partial charge on any atom is -0.450 e. The van der Waals surface area contributed by atoms with Crippen molar-refractivity contribution in [3.8, 4) is 0 Å². The van der Waals surface area contributed by atoms with Gasteiger partial charge < -0.3 is 19.5 Å². The molecule has 34 heavy (non-hydrogen) atoms. The predicted molar refractivity (Wildman–Crippen MR) is 131 cm³/mol. The number of amides is 2. The number of hydrogen-bond acceptors (Lipinski definition) is 5. The highest BCUT2D eigenvalue weighted by Gasteiger charge is 2.24. The molecule has 7 nitrogen and oxygen atoms in total. The number of para-hydroxylation sites is 2. The maximum absolute atomic E-state index is 13.1. The van der Waals surface area contributed by atoms with Crippen LogP contribution in [0.3, 0.4) is 0 Å². The molecule has 0 bridgehead atoms. The number of furan rings is 1. The lowest BCUT2D eigenvalue weighted by Crippen LogP contribution is -2.18. The van der Waals surface area contributed by atoms with Gasteiger partial charge in [-0.3, -0.25) is 14.4 Å². The van der Waals surface area contributed by atoms with E-state index < -0.39 is 11.8 Å². The molecule has 5 aromatic rings. The van der Waals surface area contributed by atoms with Gasteiger partial charge in [0.15, 0.2) is 11.2 Å². The number of hydrogen-bond donors (Lipinski definition) is 2. The van der Waals surface area contributed by atoms with E-state index in [1.807, 2.05) is 25.1 Å². The van der Waals surface area contributed by atoms with Gasteiger partial charge in [-0.05, 0) is 55.3 Å². The van der Waals surface area contributed by atoms with Crippen LogP contribution in [0, 0.1) is 13.8 Å². The Morgan fingerprint density at radius 1 is 0.765 bits per heavy atom. The maximum atomic E-state index is 13.1. The zero-order chi connectivity index (χ0) is 23.8. The monoisotopic (exact) mass is 452 g/mol. The smallest absolute Gasteiger partial charge is 0.293 e. The molecule has 0 unspecified atom stereocenters. The van der Waals surface area contributed by atoms with Gasteiger partial charge in [0, 0.05) is 17.1 Å². The van der Waals surface area contributed by atoms with Crippen LogP contribution in [0.15, 0.2) is 86.4 Å². The van der Waals surface area contributed by atoms with Gasteiger partial charge >= 0.3 is 0 Å². The SMILES string of the molecule is Cc1cccc(NC(=O)c2oc3ccccc3c2NC(=O)c2cc(=O)c3cccc(C)c3o2)c1. The van der Waals surface area contributed by atoms with Gasteiger partial charge in [-0.25, -0.2) is 0 Å². The first kappa shape index (κ1) is 21.2. The third kappa shape index (κ3) is 3.84. The van der Waals surface area contributed by atoms with Gasteiger partial charge in [0.25, 0.3) is 11.8 Å². The van der Waals surface area contributed by atoms with Gasteiger partial charge in [-0.2, -0.15) is 0 Å². The third-order valence-electron chi connectivity index (χ3n) is 5.49. The van der Waals surface area contributed by atoms with Crippen LogP contribution in [0.5, 0.6) is 0 Å². The standard InChI is InChI=1S/C27H20N2O5/c1-15-7-5-9-17(13-15)28-27(32)25-23(19-10-3-4-12-21(19)33-25)29-26(31)22-14-20(30)18-11-6-8-16(2)24(18)34-22/h3-14H,1-2H3,(H,28,32)(H,29,31). The molecule has 168 valence electrons. The van der Waals surface area contributed by atoms with Crippen molar-refractivity contribution < 1.29 is 18.4 Å². The third-order valence-corrected chi connectivity index (χ3v) is 5.49. The molecule has 5 rings (SSSR count). The van der Waals surface area contributed by atoms with Crippen LogP contribution in [0.2, 0.25) is 0 Å². The summed E-state index contributed by atoms with van der Waals surface area (Å²) < 4.78 is 11.6. The minimum atomic E-state index is -0.668. The Labute approximate surface area is 194 Å². The van der Waals surface area contributed by atoms with E-state index in [1.165, 1.54) is 0 Å². The highest BCUT2D eigenvalue weighted by atomic mass is 16.4. The van der Waals surface area contributed by atoms with Crippen molar-refractivity contribution in [2.24, 2.45) is 0 Å². The molecule has 0 saturated heterocycles. The summed E-state index contributed by atoms with van der Waals surface area (Å²) in [6.45, 7) is 3.71. The van der Waals surface area contributed by atoms with Gasteiger partial charge in [0.1, 0.15) is 16.9 Å². The molecule has 2 aromatic heterocycles. The Morgan fingerprint density at radius 2 is 1.53 bits per heavy atom. The molecule has 0 aliphatic carbocycles. The van der Waals surface area contributed by atoms with E-state index in [2.05, 4.69) is 10.6 Å². The first-order valence-corrected chi connectivity index (χ1v) is 10.6. The van der Waals surface area contributed by atoms with Gasteiger partial charge in [-0.15, -0.1) is 0 Å². The van der Waals surface area contributed by atoms with Crippen LogP contribution >= 0.6 is 0 Å². The number of anilines is 2. The van der Waals surface area contributed by atoms with Crippen molar-refractivity contribution in [1.82, 2.24) is 0 Å². The van der Waals surface area contributed by atoms with Gasteiger partial charge in [0.2, 0.25) is 5.76 Å². The average molecular weight is 452 g/mol. The lowest BCUT2D eigenvalue weighted by atomic mass is 10.1. The average Bonchev–Trinajstić information content (AvgIpc) is 3.18. The van der Waals surface area contributed by atoms with Crippen LogP contribution in [-0.4, -0.2) is 11.8 Å². The number of nitrogens with one attached hydrogen (secondary N) is 2. The van der Waals surface area contributed by atoms with E-state index in [-0.39, 0.29) is 22.6 Å². The summed E-state index contributed by atoms with van der Waals surface area (Å²) in [5, 5.41) is 6.45. The first-order valence-electron chi connectivity index (χ1n) is 10.6. The molecular weight excluding hydrogens is 432 g/mol. The van der Waals surface area contributed by atoms with Crippen molar-refractivity contribution in [1.29, 1.82) is 0 Å². The Bertz CT molecular complexity index is 1640. The lowest BCUT2D eigenvalue weighted by Gasteiger charge is -2.08. The number of carbonyl (C=O) groups is 2. The summed E-state index contributed by atoms with van der Waals surface area (Å²) in [5.41, 5.74) is 2.95. The fourth-order valence-corrected chi connectivity index (χ4v) is 3.85. The summed E-state index contributed by atoms with van der Waals surface area (Å²) >= 11 is 0. The van der Waals surface area contributed by atoms with Crippen LogP contribution in [0.4, 0.5) is 11.4 Å². The molecule has 2 amide bonds. The van der Waals surface area contributed by atoms with Gasteiger partial charge in [-0.1, -0.05) is 36.4 Å². The summed E-state index contributed by atoms with van der Waals surface area (Å²) in [7, 11) is 0. The molecule has 0 saturated carbocycles. The number of fused-ring (bicyclic) bond motifs is 2. The van der Waals surface area contributed by atoms with E-state index in [9.17, 15) is 14.4 Å². The molecule has 7 heteroatoms. The number of carbonyl (C=O) groups excluding carboxylic acids is 2. The van der Waals surface area contributed by atoms with Crippen LogP contribution < -0.4 is 16.1 Å². The van der Waals surface area contributed by atoms with E-state index in [0.29, 0.717) is 27.6 Å². The number of rotatable bonds is 4. The van der Waals surface area contributed by atoms with Crippen LogP contribution in [0.25, 0.3) is 21.9 Å². The molecular formula is C27H20N2O5. The number of benzene rings is 3. The van der Waals surface area contributed by atoms with Crippen LogP contribution in [-0.2, 0) is 0 Å². The molecule has 3 aromatic carbocycles. The fraction of sp³-hybridized carbons (Fsp3) is 0.0741. The van der Waals surface area contributed by atoms with E-state index >= 15 is 0 Å². The number of aryl methyl sites for hydroxylation is 2. The normalized spacial score (nSPS) is 11.0. The van der Waals surface area contributed by atoms with Crippen molar-refractivity contribution >= 4 is 45.1 Å². The van der Waals surface area contributed by atoms with Crippen molar-refractivity contribution in [2.45, 2.75) is 13.8 Å². The molecule has 0 atom stereocenters. The molecule has 0 spiro atoms. The van der Waals surface area contributed by atoms with Crippen molar-refractivity contribution in [3.05, 3.63) is 106 Å². The zero-order valence-electron chi connectivity index (χ0n) is 18.5. The van der Waals surface area contributed by atoms with Crippen molar-refractivity contribution in [2.75, 3.05) is 10.6 Å². The Balaban J connectivity index is 1.54. The topological polar surface area (TPSA) is 102 Å². The molecule has 2 N–H and O–H groups in total. The van der Waals surface area contributed by atoms with E-state index in [0.717, 1.165) is 17.2 Å². The second-order valence-corrected chi connectivity index (χ2v) is 8.01. The van der Waals surface area contributed by atoms with Crippen molar-refractivity contribution in [3.63, 3.8) is 0 Å². The summed E-state index contributed by atoms with van der Waals surface area (Å²) in [4.78, 5) is 38.8. The van der Waals surface area contributed by atoms with Crippen LogP contribution in [0.1, 0.15) is 32.2 Å². The molecule has 0 radical (unpaired) electrons. The Morgan fingerprint density at radius 3 is 2.35 bits per heavy atom. The van der Waals surface area contributed by atoms with Gasteiger partial charge in [0.05, 0.1) is 5.39 Å². The molecule has 0 fully saturated rings. The lowest BCUT2D eigenvalue weighted by molar-refractivity contribution is 0.0996. The Kier molecular flexibility index (Phi) is 5.22. The maximum Gasteiger partial charge on any atom is 0.293 e. The Hall–Kier alpha value is -4.65. The zero-order valence-corrected chi connectivity index (χ0v) is 18.5. The summed E-state index contributed by atoms with van der Waals surface area (Å²) in [6.07, 6.45) is 0. The first-order chi connectivity index (χ1) is 16.4. The second-order valence-electron chi connectivity index (χ2n) is 8.01. The molecule has 0 aliphatic heterocycles. The highest BCUT2D eigenvalue weighted by molar-refractivity contribution is 6.16. The summed E-state index contributed by atoms with van der Waals surface area (Å²) in [5.74, 6) is -1.41. The minimum absolute atomic E-state index is 0.0598. The molecule has 0 aliphatic rings. The highest BCUT2D eigenvalue weighted by Crippen LogP contribution is 2.32. The quantitative estimate of drug-likeness (QED) is 0.366. The van der Waals surface area contributed by atoms with E-state index in [1.54, 1.807) is 55.5 Å². The largest absolute Gasteiger partial charge is 0.450 e. The molecule has 2 heterocycles.